The van der Waals surface area contributed by atoms with Crippen LogP contribution in [0.1, 0.15) is 19.5 Å². The molecule has 1 aromatic heterocycles. The summed E-state index contributed by atoms with van der Waals surface area (Å²) in [6, 6.07) is 0. The third-order valence-corrected chi connectivity index (χ3v) is 1.14. The normalized spacial score (nSPS) is 10.5. The predicted octanol–water partition coefficient (Wildman–Crippen LogP) is 2.02. The standard InChI is InChI=1S/C8H13NO2/c1-6(2)4-10-8-9-7(3)5-11-8/h5-6H,4H2,1-3H3. The van der Waals surface area contributed by atoms with Gasteiger partial charge < -0.3 is 9.15 Å². The van der Waals surface area contributed by atoms with Crippen LogP contribution in [0.3, 0.4) is 0 Å². The van der Waals surface area contributed by atoms with Crippen molar-refractivity contribution in [3.8, 4) is 6.08 Å². The molecule has 0 aromatic carbocycles. The van der Waals surface area contributed by atoms with Gasteiger partial charge in [0.05, 0.1) is 12.3 Å². The van der Waals surface area contributed by atoms with Gasteiger partial charge in [-0.2, -0.15) is 4.98 Å². The van der Waals surface area contributed by atoms with Gasteiger partial charge in [-0.1, -0.05) is 13.8 Å². The largest absolute Gasteiger partial charge is 0.450 e. The van der Waals surface area contributed by atoms with E-state index in [1.165, 1.54) is 0 Å². The number of oxazole rings is 1. The third kappa shape index (κ3) is 2.62. The Morgan fingerprint density at radius 3 is 2.82 bits per heavy atom. The van der Waals surface area contributed by atoms with Gasteiger partial charge in [-0.15, -0.1) is 0 Å². The summed E-state index contributed by atoms with van der Waals surface area (Å²) in [4.78, 5) is 3.99. The van der Waals surface area contributed by atoms with Crippen LogP contribution < -0.4 is 4.74 Å². The minimum atomic E-state index is 0.371. The summed E-state index contributed by atoms with van der Waals surface area (Å²) < 4.78 is 10.2. The molecule has 0 saturated carbocycles. The van der Waals surface area contributed by atoms with E-state index in [0.717, 1.165) is 5.69 Å². The smallest absolute Gasteiger partial charge is 0.393 e. The third-order valence-electron chi connectivity index (χ3n) is 1.14. The fourth-order valence-electron chi connectivity index (χ4n) is 0.637. The van der Waals surface area contributed by atoms with Gasteiger partial charge in [0.1, 0.15) is 6.26 Å². The Labute approximate surface area is 66.4 Å². The number of aryl methyl sites for hydroxylation is 1. The lowest BCUT2D eigenvalue weighted by Crippen LogP contribution is -2.04. The Bertz CT molecular complexity index is 218. The second kappa shape index (κ2) is 3.42. The monoisotopic (exact) mass is 155 g/mol. The van der Waals surface area contributed by atoms with Crippen molar-refractivity contribution < 1.29 is 9.15 Å². The van der Waals surface area contributed by atoms with Crippen LogP contribution >= 0.6 is 0 Å². The fraction of sp³-hybridized carbons (Fsp3) is 0.625. The highest BCUT2D eigenvalue weighted by Gasteiger charge is 2.01. The van der Waals surface area contributed by atoms with E-state index in [9.17, 15) is 0 Å². The Hall–Kier alpha value is -0.990. The quantitative estimate of drug-likeness (QED) is 0.669. The maximum atomic E-state index is 5.21. The van der Waals surface area contributed by atoms with E-state index in [1.807, 2.05) is 6.92 Å². The molecule has 0 aliphatic heterocycles. The molecular formula is C8H13NO2. The molecule has 1 aromatic rings. The molecule has 11 heavy (non-hydrogen) atoms. The zero-order valence-corrected chi connectivity index (χ0v) is 7.13. The first kappa shape index (κ1) is 8.11. The SMILES string of the molecule is Cc1coc(OCC(C)C)n1. The van der Waals surface area contributed by atoms with Crippen LogP contribution in [0.4, 0.5) is 0 Å². The topological polar surface area (TPSA) is 35.3 Å². The second-order valence-corrected chi connectivity index (χ2v) is 2.96. The van der Waals surface area contributed by atoms with Gasteiger partial charge in [0.2, 0.25) is 0 Å². The summed E-state index contributed by atoms with van der Waals surface area (Å²) in [6.45, 7) is 6.68. The Morgan fingerprint density at radius 2 is 2.36 bits per heavy atom. The van der Waals surface area contributed by atoms with Crippen molar-refractivity contribution in [2.45, 2.75) is 20.8 Å². The average molecular weight is 155 g/mol. The molecule has 3 heteroatoms. The zero-order chi connectivity index (χ0) is 8.27. The van der Waals surface area contributed by atoms with E-state index >= 15 is 0 Å². The molecule has 0 bridgehead atoms. The fourth-order valence-corrected chi connectivity index (χ4v) is 0.637. The lowest BCUT2D eigenvalue weighted by molar-refractivity contribution is 0.202. The summed E-state index contributed by atoms with van der Waals surface area (Å²) in [5.74, 6) is 0.502. The number of nitrogens with zero attached hydrogens (tertiary/aromatic N) is 1. The highest BCUT2D eigenvalue weighted by atomic mass is 16.6. The van der Waals surface area contributed by atoms with Crippen molar-refractivity contribution in [3.63, 3.8) is 0 Å². The first-order valence-corrected chi connectivity index (χ1v) is 3.73. The molecule has 0 N–H and O–H groups in total. The predicted molar refractivity (Wildman–Crippen MR) is 41.6 cm³/mol. The van der Waals surface area contributed by atoms with Crippen LogP contribution in [0, 0.1) is 12.8 Å². The van der Waals surface area contributed by atoms with Crippen molar-refractivity contribution in [3.05, 3.63) is 12.0 Å². The first-order chi connectivity index (χ1) is 5.18. The second-order valence-electron chi connectivity index (χ2n) is 2.96. The Morgan fingerprint density at radius 1 is 1.64 bits per heavy atom. The van der Waals surface area contributed by atoms with Gasteiger partial charge in [0.25, 0.3) is 0 Å². The molecular weight excluding hydrogens is 142 g/mol. The molecule has 0 unspecified atom stereocenters. The molecule has 0 spiro atoms. The lowest BCUT2D eigenvalue weighted by Gasteiger charge is -2.02. The van der Waals surface area contributed by atoms with Crippen molar-refractivity contribution >= 4 is 0 Å². The van der Waals surface area contributed by atoms with Crippen molar-refractivity contribution in [2.24, 2.45) is 5.92 Å². The summed E-state index contributed by atoms with van der Waals surface area (Å²) in [7, 11) is 0. The Kier molecular flexibility index (Phi) is 2.52. The van der Waals surface area contributed by atoms with Crippen molar-refractivity contribution in [2.75, 3.05) is 6.61 Å². The van der Waals surface area contributed by atoms with E-state index in [1.54, 1.807) is 6.26 Å². The highest BCUT2D eigenvalue weighted by Crippen LogP contribution is 2.09. The first-order valence-electron chi connectivity index (χ1n) is 3.73. The van der Waals surface area contributed by atoms with Crippen LogP contribution in [0.25, 0.3) is 0 Å². The van der Waals surface area contributed by atoms with Crippen LogP contribution in [-0.4, -0.2) is 11.6 Å². The Balaban J connectivity index is 2.39. The molecule has 0 atom stereocenters. The maximum absolute atomic E-state index is 5.21. The van der Waals surface area contributed by atoms with E-state index < -0.39 is 0 Å². The summed E-state index contributed by atoms with van der Waals surface area (Å²) in [6.07, 6.45) is 1.95. The summed E-state index contributed by atoms with van der Waals surface area (Å²) in [5, 5.41) is 0. The lowest BCUT2D eigenvalue weighted by atomic mass is 10.2. The van der Waals surface area contributed by atoms with Gasteiger partial charge in [-0.25, -0.2) is 0 Å². The van der Waals surface area contributed by atoms with Crippen molar-refractivity contribution in [1.82, 2.24) is 4.98 Å². The minimum absolute atomic E-state index is 0.371. The van der Waals surface area contributed by atoms with Crippen molar-refractivity contribution in [1.29, 1.82) is 0 Å². The molecule has 3 nitrogen and oxygen atoms in total. The zero-order valence-electron chi connectivity index (χ0n) is 7.13. The molecule has 0 aliphatic rings. The van der Waals surface area contributed by atoms with Gasteiger partial charge in [-0.3, -0.25) is 0 Å². The minimum Gasteiger partial charge on any atom is -0.450 e. The van der Waals surface area contributed by atoms with Gasteiger partial charge in [0.15, 0.2) is 0 Å². The number of rotatable bonds is 3. The van der Waals surface area contributed by atoms with Crippen LogP contribution in [0.15, 0.2) is 10.7 Å². The van der Waals surface area contributed by atoms with Gasteiger partial charge in [0, 0.05) is 0 Å². The molecule has 0 saturated heterocycles. The van der Waals surface area contributed by atoms with E-state index in [2.05, 4.69) is 18.8 Å². The number of aromatic nitrogens is 1. The van der Waals surface area contributed by atoms with Crippen LogP contribution in [0.5, 0.6) is 6.08 Å². The van der Waals surface area contributed by atoms with Gasteiger partial charge >= 0.3 is 6.08 Å². The number of hydrogen-bond donors (Lipinski definition) is 0. The summed E-state index contributed by atoms with van der Waals surface area (Å²) >= 11 is 0. The highest BCUT2D eigenvalue weighted by molar-refractivity contribution is 4.96. The average Bonchev–Trinajstić information content (AvgIpc) is 2.31. The van der Waals surface area contributed by atoms with Crippen LogP contribution in [-0.2, 0) is 0 Å². The van der Waals surface area contributed by atoms with Crippen LogP contribution in [0.2, 0.25) is 0 Å². The molecule has 0 amide bonds. The molecule has 0 aliphatic carbocycles. The molecule has 1 heterocycles. The number of ether oxygens (including phenoxy) is 1. The molecule has 1 rings (SSSR count). The summed E-state index contributed by atoms with van der Waals surface area (Å²) in [5.41, 5.74) is 0.851. The van der Waals surface area contributed by atoms with E-state index in [-0.39, 0.29) is 0 Å². The van der Waals surface area contributed by atoms with Gasteiger partial charge in [-0.05, 0) is 12.8 Å². The molecule has 0 fully saturated rings. The number of hydrogen-bond acceptors (Lipinski definition) is 3. The van der Waals surface area contributed by atoms with E-state index in [0.29, 0.717) is 18.6 Å². The van der Waals surface area contributed by atoms with E-state index in [4.69, 9.17) is 9.15 Å². The maximum Gasteiger partial charge on any atom is 0.393 e. The molecule has 0 radical (unpaired) electrons. The molecule has 62 valence electrons.